The number of aliphatic hydroxyl groups excluding tert-OH is 7. The third kappa shape index (κ3) is 30.6. The predicted octanol–water partition coefficient (Wildman–Crippen LogP) is 2.19. The van der Waals surface area contributed by atoms with E-state index >= 15 is 0 Å². The Kier molecular flexibility index (Phi) is 38.1. The average Bonchev–Trinajstić information content (AvgIpc) is 1.19. The molecular weight excluding hydrogens is 1460 g/mol. The highest BCUT2D eigenvalue weighted by Crippen LogP contribution is 2.43. The van der Waals surface area contributed by atoms with Gasteiger partial charge in [0.2, 0.25) is 35.4 Å². The summed E-state index contributed by atoms with van der Waals surface area (Å²) in [5.41, 5.74) is 3.87. The van der Waals surface area contributed by atoms with Crippen LogP contribution in [0.1, 0.15) is 154 Å². The standard InChI is InChI=1S/C74H115N12O23P/c1-47-20-18-21-50(34-47)59-40-84(82-80-59)42-61-70(98)68(96)48(2)73(108-61)105-46-56(90)38-78-64(92)27-12-9-17-33-76-72(100)58(79-66(94)28-15-14-24-53(87)23-10-6-7-13-29-67(95)86-39-54(88)36-52(86)44-107-110(101,102)104-5)30-31-65(93)75-32-16-8-11-26-63(91)77-37-55(89)45-106-74-49(3)69(97)71(99)62(109-74)43-85-41-60(81-83-85)51-22-19-25-57(35-51)103-4/h18-22,25,34-35,40-41,48-49,52,54-56,58,61-62,68-71,73-74,88-90,96-99H,6-17,23-24,26-33,36-39,42-46H2,1-5H3,(H,75,93)(H,76,100)(H,77,91)(H,78,92)(H,79,94)(H,101,102)/t48?,49?,52-,54+,55?,56?,58-,61?,62?,68?,69?,70?,71?,73?,74?/m0/s1. The molecule has 13 N–H and O–H groups in total. The van der Waals surface area contributed by atoms with Crippen molar-refractivity contribution in [2.24, 2.45) is 11.8 Å². The average molecular weight is 1570 g/mol. The minimum atomic E-state index is -4.25. The Hall–Kier alpha value is -7.32. The minimum absolute atomic E-state index is 0.0185. The van der Waals surface area contributed by atoms with E-state index in [0.29, 0.717) is 101 Å². The maximum atomic E-state index is 13.6. The number of hydrogen-bond donors (Lipinski definition) is 13. The number of ketones is 1. The van der Waals surface area contributed by atoms with E-state index in [2.05, 4.69) is 51.7 Å². The molecule has 3 saturated heterocycles. The lowest BCUT2D eigenvalue weighted by Gasteiger charge is -2.41. The smallest absolute Gasteiger partial charge is 0.471 e. The fourth-order valence-electron chi connectivity index (χ4n) is 13.0. The van der Waals surface area contributed by atoms with Gasteiger partial charge in [0.25, 0.3) is 0 Å². The number of Topliss-reactive ketones (excluding diaryl/α,β-unsaturated/α-hetero) is 1. The number of phosphoric acid groups is 1. The number of carbonyl (C=O) groups excluding carboxylic acids is 7. The number of aryl methyl sites for hydroxylation is 1. The number of carbonyl (C=O) groups is 7. The van der Waals surface area contributed by atoms with Gasteiger partial charge in [-0.05, 0) is 89.3 Å². The Morgan fingerprint density at radius 1 is 0.600 bits per heavy atom. The summed E-state index contributed by atoms with van der Waals surface area (Å²) >= 11 is 0. The molecule has 35 nitrogen and oxygen atoms in total. The van der Waals surface area contributed by atoms with Gasteiger partial charge in [-0.2, -0.15) is 0 Å². The molecule has 36 heteroatoms. The van der Waals surface area contributed by atoms with Crippen molar-refractivity contribution >= 4 is 49.0 Å². The number of aromatic nitrogens is 6. The van der Waals surface area contributed by atoms with E-state index in [4.69, 9.17) is 28.2 Å². The van der Waals surface area contributed by atoms with Crippen LogP contribution < -0.4 is 31.3 Å². The van der Waals surface area contributed by atoms with E-state index in [0.717, 1.165) is 23.8 Å². The quantitative estimate of drug-likeness (QED) is 0.0223. The number of likely N-dealkylation sites (tertiary alicyclic amines) is 1. The topological polar surface area (TPSA) is 488 Å². The van der Waals surface area contributed by atoms with Gasteiger partial charge in [-0.15, -0.1) is 10.2 Å². The number of hydrogen-bond acceptors (Lipinski definition) is 26. The van der Waals surface area contributed by atoms with Gasteiger partial charge in [-0.25, -0.2) is 13.9 Å². The third-order valence-corrected chi connectivity index (χ3v) is 20.6. The van der Waals surface area contributed by atoms with E-state index in [1.54, 1.807) is 45.5 Å². The van der Waals surface area contributed by atoms with Gasteiger partial charge in [-0.1, -0.05) is 85.9 Å². The predicted molar refractivity (Wildman–Crippen MR) is 396 cm³/mol. The zero-order valence-corrected chi connectivity index (χ0v) is 64.5. The van der Waals surface area contributed by atoms with Crippen LogP contribution in [0.3, 0.4) is 0 Å². The second-order valence-corrected chi connectivity index (χ2v) is 30.3. The summed E-state index contributed by atoms with van der Waals surface area (Å²) in [5.74, 6) is -2.81. The summed E-state index contributed by atoms with van der Waals surface area (Å²) in [4.78, 5) is 102. The fourth-order valence-corrected chi connectivity index (χ4v) is 13.5. The van der Waals surface area contributed by atoms with E-state index in [1.165, 1.54) is 14.3 Å². The molecule has 3 aliphatic rings. The number of ether oxygens (including phenoxy) is 5. The van der Waals surface area contributed by atoms with Crippen LogP contribution >= 0.6 is 7.82 Å². The number of nitrogens with zero attached hydrogens (tertiary/aromatic N) is 7. The van der Waals surface area contributed by atoms with Gasteiger partial charge in [0.05, 0.1) is 89.0 Å². The molecular formula is C74H115N12O23P. The molecule has 110 heavy (non-hydrogen) atoms. The number of phosphoric ester groups is 1. The second-order valence-electron chi connectivity index (χ2n) is 28.7. The van der Waals surface area contributed by atoms with Gasteiger partial charge in [0.15, 0.2) is 12.6 Å². The summed E-state index contributed by atoms with van der Waals surface area (Å²) in [6.07, 6.45) is -0.919. The first-order valence-corrected chi connectivity index (χ1v) is 39.7. The van der Waals surface area contributed by atoms with Crippen LogP contribution in [0.2, 0.25) is 0 Å². The van der Waals surface area contributed by atoms with Gasteiger partial charge < -0.3 is 95.8 Å². The summed E-state index contributed by atoms with van der Waals surface area (Å²) in [6.45, 7) is 4.94. The molecule has 2 aromatic carbocycles. The van der Waals surface area contributed by atoms with E-state index in [1.807, 2.05) is 43.3 Å². The Morgan fingerprint density at radius 2 is 1.09 bits per heavy atom. The number of nitrogens with one attached hydrogen (secondary N) is 5. The van der Waals surface area contributed by atoms with Crippen LogP contribution in [0.25, 0.3) is 22.5 Å². The number of β-amino-alcohol motifs (C(OH)–C–C–N with tert-alkyl or cyclic N) is 1. The normalized spacial score (nSPS) is 23.3. The van der Waals surface area contributed by atoms with Crippen LogP contribution in [0.15, 0.2) is 60.9 Å². The van der Waals surface area contributed by atoms with E-state index < -0.39 is 111 Å². The van der Waals surface area contributed by atoms with Crippen LogP contribution in [-0.4, -0.2) is 263 Å². The number of rotatable bonds is 50. The van der Waals surface area contributed by atoms with Crippen LogP contribution in [0.4, 0.5) is 0 Å². The minimum Gasteiger partial charge on any atom is -0.497 e. The number of aliphatic hydroxyl groups is 7. The van der Waals surface area contributed by atoms with Crippen LogP contribution in [-0.2, 0) is 79.2 Å². The first-order valence-electron chi connectivity index (χ1n) is 38.2. The molecule has 6 amide bonds. The Labute approximate surface area is 641 Å². The van der Waals surface area contributed by atoms with Crippen molar-refractivity contribution in [2.45, 2.75) is 248 Å². The molecule has 16 atom stereocenters. The SMILES string of the molecule is COc1cccc(-c2cn(CC3OC(OCC(O)CNC(=O)CCCCCNC(=O)CC[C@H](NC(=O)CCCCC(=O)CCCCCCC(=O)N4C[C@H](O)C[C@H]4COP(=O)(O)OC)C(=O)NCCCCCC(=O)NCC(O)COC4OC(Cn5cc(-c6cccc(C)c6)nn5)C(O)C(O)C4C)C(C)C(O)C3O)nn2)c1. The highest BCUT2D eigenvalue weighted by Gasteiger charge is 2.45. The number of unbranched alkanes of at least 4 members (excludes halogenated alkanes) is 8. The van der Waals surface area contributed by atoms with E-state index in [-0.39, 0.29) is 146 Å². The molecule has 3 fully saturated rings. The summed E-state index contributed by atoms with van der Waals surface area (Å²) in [7, 11) is -1.66. The number of amides is 6. The fraction of sp³-hybridized carbons (Fsp3) is 0.689. The second kappa shape index (κ2) is 46.6. The van der Waals surface area contributed by atoms with Crippen molar-refractivity contribution < 1.29 is 111 Å². The van der Waals surface area contributed by atoms with Crippen LogP contribution in [0, 0.1) is 18.8 Å². The highest BCUT2D eigenvalue weighted by atomic mass is 31.2. The Balaban J connectivity index is 0.769. The lowest BCUT2D eigenvalue weighted by atomic mass is 9.92. The van der Waals surface area contributed by atoms with Crippen molar-refractivity contribution in [3.8, 4) is 28.3 Å². The van der Waals surface area contributed by atoms with Gasteiger partial charge >= 0.3 is 7.82 Å². The van der Waals surface area contributed by atoms with E-state index in [9.17, 15) is 78.8 Å². The van der Waals surface area contributed by atoms with Crippen molar-refractivity contribution in [2.75, 3.05) is 66.8 Å². The lowest BCUT2D eigenvalue weighted by Crippen LogP contribution is -2.55. The summed E-state index contributed by atoms with van der Waals surface area (Å²) < 4.78 is 53.2. The van der Waals surface area contributed by atoms with Crippen molar-refractivity contribution in [1.29, 1.82) is 0 Å². The maximum Gasteiger partial charge on any atom is 0.471 e. The van der Waals surface area contributed by atoms with Crippen LogP contribution in [0.5, 0.6) is 5.75 Å². The van der Waals surface area contributed by atoms with Crippen molar-refractivity contribution in [3.63, 3.8) is 0 Å². The zero-order chi connectivity index (χ0) is 79.7. The van der Waals surface area contributed by atoms with Gasteiger partial charge in [-0.3, -0.25) is 42.6 Å². The lowest BCUT2D eigenvalue weighted by molar-refractivity contribution is -0.283. The first-order chi connectivity index (χ1) is 52.7. The monoisotopic (exact) mass is 1570 g/mol. The Bertz CT molecular complexity index is 3560. The van der Waals surface area contributed by atoms with Gasteiger partial charge in [0.1, 0.15) is 53.4 Å². The molecule has 5 heterocycles. The molecule has 0 saturated carbocycles. The molecule has 3 aliphatic heterocycles. The maximum absolute atomic E-state index is 13.6. The molecule has 7 rings (SSSR count). The Morgan fingerprint density at radius 3 is 1.65 bits per heavy atom. The van der Waals surface area contributed by atoms with Crippen molar-refractivity contribution in [1.82, 2.24) is 61.5 Å². The van der Waals surface area contributed by atoms with Crippen molar-refractivity contribution in [3.05, 3.63) is 66.5 Å². The molecule has 2 aromatic heterocycles. The number of benzene rings is 2. The molecule has 0 radical (unpaired) electrons. The largest absolute Gasteiger partial charge is 0.497 e. The molecule has 614 valence electrons. The van der Waals surface area contributed by atoms with Gasteiger partial charge in [0, 0.05) is 108 Å². The third-order valence-electron chi connectivity index (χ3n) is 19.7. The summed E-state index contributed by atoms with van der Waals surface area (Å²) in [5, 5.41) is 106. The molecule has 4 aromatic rings. The molecule has 0 aliphatic carbocycles. The zero-order valence-electron chi connectivity index (χ0n) is 63.6. The molecule has 0 bridgehead atoms. The highest BCUT2D eigenvalue weighted by molar-refractivity contribution is 7.47. The molecule has 0 spiro atoms. The number of methoxy groups -OCH3 is 1. The first kappa shape index (κ1) is 89.9. The molecule has 13 unspecified atom stereocenters. The summed E-state index contributed by atoms with van der Waals surface area (Å²) in [6, 6.07) is 13.4.